The zero-order valence-electron chi connectivity index (χ0n) is 16.5. The van der Waals surface area contributed by atoms with Gasteiger partial charge in [0.1, 0.15) is 11.5 Å². The number of rotatable bonds is 4. The van der Waals surface area contributed by atoms with Crippen molar-refractivity contribution >= 4 is 64.4 Å². The van der Waals surface area contributed by atoms with Crippen molar-refractivity contribution in [2.75, 3.05) is 13.2 Å². The molecule has 0 fully saturated rings. The predicted molar refractivity (Wildman–Crippen MR) is 124 cm³/mol. The maximum atomic E-state index is 6.23. The molecule has 0 N–H and O–H groups in total. The number of aryl methyl sites for hydroxylation is 2. The van der Waals surface area contributed by atoms with Crippen LogP contribution >= 0.6 is 22.7 Å². The molecule has 0 atom stereocenters. The van der Waals surface area contributed by atoms with E-state index in [4.69, 9.17) is 9.47 Å². The molecular formula is C24H22O2S2. The maximum absolute atomic E-state index is 6.23. The Kier molecular flexibility index (Phi) is 4.22. The number of hydrogen-bond donors (Lipinski definition) is 0. The summed E-state index contributed by atoms with van der Waals surface area (Å²) in [6.07, 6.45) is 0. The third-order valence-corrected chi connectivity index (χ3v) is 7.14. The SMILES string of the molecule is CCOc1c2cc3cc(C)sc3cc2c(OCC)c2cc3cc(C)sc3cc12. The largest absolute Gasteiger partial charge is 0.493 e. The minimum Gasteiger partial charge on any atom is -0.493 e. The van der Waals surface area contributed by atoms with Crippen molar-refractivity contribution in [2.45, 2.75) is 27.7 Å². The Hall–Kier alpha value is -2.30. The van der Waals surface area contributed by atoms with Crippen molar-refractivity contribution in [1.82, 2.24) is 0 Å². The molecule has 2 heterocycles. The van der Waals surface area contributed by atoms with E-state index in [0.717, 1.165) is 33.0 Å². The molecule has 5 rings (SSSR count). The van der Waals surface area contributed by atoms with Crippen molar-refractivity contribution in [3.63, 3.8) is 0 Å². The molecule has 5 aromatic rings. The molecule has 3 aromatic carbocycles. The van der Waals surface area contributed by atoms with Crippen molar-refractivity contribution in [3.05, 3.63) is 46.2 Å². The zero-order chi connectivity index (χ0) is 19.4. The third kappa shape index (κ3) is 2.66. The lowest BCUT2D eigenvalue weighted by Gasteiger charge is -2.17. The van der Waals surface area contributed by atoms with Gasteiger partial charge in [-0.25, -0.2) is 0 Å². The van der Waals surface area contributed by atoms with Gasteiger partial charge in [0.2, 0.25) is 0 Å². The van der Waals surface area contributed by atoms with Gasteiger partial charge in [-0.3, -0.25) is 0 Å². The third-order valence-electron chi connectivity index (χ3n) is 5.12. The second kappa shape index (κ2) is 6.64. The van der Waals surface area contributed by atoms with Crippen LogP contribution in [0.25, 0.3) is 41.7 Å². The van der Waals surface area contributed by atoms with Crippen molar-refractivity contribution in [1.29, 1.82) is 0 Å². The van der Waals surface area contributed by atoms with Crippen molar-refractivity contribution in [2.24, 2.45) is 0 Å². The fourth-order valence-electron chi connectivity index (χ4n) is 4.08. The summed E-state index contributed by atoms with van der Waals surface area (Å²) < 4.78 is 15.0. The van der Waals surface area contributed by atoms with Crippen LogP contribution in [0.3, 0.4) is 0 Å². The van der Waals surface area contributed by atoms with Gasteiger partial charge in [-0.05, 0) is 74.9 Å². The first-order chi connectivity index (χ1) is 13.6. The molecule has 0 saturated carbocycles. The first-order valence-electron chi connectivity index (χ1n) is 9.68. The van der Waals surface area contributed by atoms with Crippen LogP contribution in [0, 0.1) is 13.8 Å². The van der Waals surface area contributed by atoms with Gasteiger partial charge in [0.15, 0.2) is 0 Å². The lowest BCUT2D eigenvalue weighted by Crippen LogP contribution is -1.98. The highest BCUT2D eigenvalue weighted by Gasteiger charge is 2.19. The lowest BCUT2D eigenvalue weighted by atomic mass is 9.98. The summed E-state index contributed by atoms with van der Waals surface area (Å²) in [4.78, 5) is 2.64. The Morgan fingerprint density at radius 3 is 1.39 bits per heavy atom. The maximum Gasteiger partial charge on any atom is 0.135 e. The van der Waals surface area contributed by atoms with Gasteiger partial charge in [0.25, 0.3) is 0 Å². The van der Waals surface area contributed by atoms with E-state index < -0.39 is 0 Å². The van der Waals surface area contributed by atoms with Gasteiger partial charge in [-0.2, -0.15) is 0 Å². The Morgan fingerprint density at radius 2 is 1.00 bits per heavy atom. The molecule has 0 bridgehead atoms. The summed E-state index contributed by atoms with van der Waals surface area (Å²) in [5, 5.41) is 7.08. The monoisotopic (exact) mass is 406 g/mol. The van der Waals surface area contributed by atoms with Crippen LogP contribution in [0.4, 0.5) is 0 Å². The molecule has 0 aliphatic heterocycles. The average Bonchev–Trinajstić information content (AvgIpc) is 3.21. The van der Waals surface area contributed by atoms with Crippen LogP contribution in [0.15, 0.2) is 36.4 Å². The highest BCUT2D eigenvalue weighted by atomic mass is 32.1. The van der Waals surface area contributed by atoms with Crippen LogP contribution in [0.2, 0.25) is 0 Å². The average molecular weight is 407 g/mol. The van der Waals surface area contributed by atoms with Crippen LogP contribution in [-0.2, 0) is 0 Å². The van der Waals surface area contributed by atoms with Crippen molar-refractivity contribution < 1.29 is 9.47 Å². The zero-order valence-corrected chi connectivity index (χ0v) is 18.1. The van der Waals surface area contributed by atoms with Crippen LogP contribution in [0.5, 0.6) is 11.5 Å². The molecule has 2 nitrogen and oxygen atoms in total. The van der Waals surface area contributed by atoms with E-state index >= 15 is 0 Å². The smallest absolute Gasteiger partial charge is 0.135 e. The number of thiophene rings is 2. The molecule has 142 valence electrons. The molecule has 0 saturated heterocycles. The van der Waals surface area contributed by atoms with Gasteiger partial charge >= 0.3 is 0 Å². The Bertz CT molecular complexity index is 1160. The van der Waals surface area contributed by atoms with Crippen LogP contribution in [0.1, 0.15) is 23.6 Å². The minimum absolute atomic E-state index is 0.639. The minimum atomic E-state index is 0.639. The highest BCUT2D eigenvalue weighted by molar-refractivity contribution is 7.19. The number of fused-ring (bicyclic) bond motifs is 4. The number of ether oxygens (including phenoxy) is 2. The second-order valence-electron chi connectivity index (χ2n) is 7.11. The molecule has 0 aliphatic carbocycles. The van der Waals surface area contributed by atoms with Gasteiger partial charge in [-0.1, -0.05) is 0 Å². The quantitative estimate of drug-likeness (QED) is 0.283. The van der Waals surface area contributed by atoms with E-state index in [2.05, 4.69) is 64.1 Å². The van der Waals surface area contributed by atoms with Crippen LogP contribution in [-0.4, -0.2) is 13.2 Å². The van der Waals surface area contributed by atoms with Gasteiger partial charge < -0.3 is 9.47 Å². The van der Waals surface area contributed by atoms with Crippen molar-refractivity contribution in [3.8, 4) is 11.5 Å². The molecule has 0 spiro atoms. The fraction of sp³-hybridized carbons (Fsp3) is 0.250. The van der Waals surface area contributed by atoms with E-state index in [-0.39, 0.29) is 0 Å². The van der Waals surface area contributed by atoms with E-state index in [1.165, 1.54) is 29.9 Å². The fourth-order valence-corrected chi connectivity index (χ4v) is 5.97. The van der Waals surface area contributed by atoms with Gasteiger partial charge in [0, 0.05) is 40.7 Å². The van der Waals surface area contributed by atoms with Gasteiger partial charge in [-0.15, -0.1) is 22.7 Å². The molecule has 0 radical (unpaired) electrons. The number of hydrogen-bond acceptors (Lipinski definition) is 4. The topological polar surface area (TPSA) is 18.5 Å². The first-order valence-corrected chi connectivity index (χ1v) is 11.3. The van der Waals surface area contributed by atoms with E-state index in [1.807, 2.05) is 22.7 Å². The molecule has 0 unspecified atom stereocenters. The summed E-state index contributed by atoms with van der Waals surface area (Å²) in [5.41, 5.74) is 0. The lowest BCUT2D eigenvalue weighted by molar-refractivity contribution is 0.342. The normalized spacial score (nSPS) is 11.9. The number of benzene rings is 3. The van der Waals surface area contributed by atoms with Gasteiger partial charge in [0.05, 0.1) is 13.2 Å². The van der Waals surface area contributed by atoms with Crippen LogP contribution < -0.4 is 9.47 Å². The Balaban J connectivity index is 2.01. The molecule has 0 amide bonds. The Labute approximate surface area is 172 Å². The van der Waals surface area contributed by atoms with E-state index in [0.29, 0.717) is 13.2 Å². The molecule has 28 heavy (non-hydrogen) atoms. The Morgan fingerprint density at radius 1 is 0.607 bits per heavy atom. The van der Waals surface area contributed by atoms with E-state index in [9.17, 15) is 0 Å². The summed E-state index contributed by atoms with van der Waals surface area (Å²) in [6.45, 7) is 9.70. The molecule has 2 aromatic heterocycles. The summed E-state index contributed by atoms with van der Waals surface area (Å²) >= 11 is 3.66. The molecule has 4 heteroatoms. The first kappa shape index (κ1) is 17.8. The molecule has 0 aliphatic rings. The molecular weight excluding hydrogens is 384 g/mol. The summed E-state index contributed by atoms with van der Waals surface area (Å²) in [5.74, 6) is 1.93. The summed E-state index contributed by atoms with van der Waals surface area (Å²) in [7, 11) is 0. The predicted octanol–water partition coefficient (Wildman–Crippen LogP) is 7.84. The highest BCUT2D eigenvalue weighted by Crippen LogP contribution is 2.47. The summed E-state index contributed by atoms with van der Waals surface area (Å²) in [6, 6.07) is 13.6. The second-order valence-corrected chi connectivity index (χ2v) is 9.69. The standard InChI is InChI=1S/C24H22O2S2/c1-5-25-23-17-9-15-7-13(3)28-22(15)12-20(17)24(26-6-2)18-10-16-8-14(4)27-21(16)11-19(18)23/h7-12H,5-6H2,1-4H3. The van der Waals surface area contributed by atoms with E-state index in [1.54, 1.807) is 0 Å².